The van der Waals surface area contributed by atoms with Crippen LogP contribution in [0.1, 0.15) is 36.8 Å². The van der Waals surface area contributed by atoms with Crippen molar-refractivity contribution >= 4 is 29.2 Å². The van der Waals surface area contributed by atoms with E-state index in [-0.39, 0.29) is 6.04 Å². The molecule has 2 heterocycles. The second-order valence-corrected chi connectivity index (χ2v) is 7.44. The van der Waals surface area contributed by atoms with E-state index in [1.165, 1.54) is 0 Å². The summed E-state index contributed by atoms with van der Waals surface area (Å²) in [5.41, 5.74) is 1.98. The summed E-state index contributed by atoms with van der Waals surface area (Å²) in [6.45, 7) is 7.27. The summed E-state index contributed by atoms with van der Waals surface area (Å²) in [5, 5.41) is 7.89. The number of benzene rings is 1. The number of hydrogen-bond donors (Lipinski definition) is 2. The second-order valence-electron chi connectivity index (χ2n) is 6.60. The van der Waals surface area contributed by atoms with Crippen LogP contribution in [0.15, 0.2) is 53.9 Å². The maximum absolute atomic E-state index is 6.33. The first-order valence-corrected chi connectivity index (χ1v) is 10.2. The molecule has 3 rings (SSSR count). The third-order valence-electron chi connectivity index (χ3n) is 4.43. The van der Waals surface area contributed by atoms with Gasteiger partial charge in [-0.3, -0.25) is 4.57 Å². The molecule has 6 nitrogen and oxygen atoms in total. The lowest BCUT2D eigenvalue weighted by Crippen LogP contribution is -2.38. The molecule has 0 aliphatic rings. The average molecular weight is 431 g/mol. The standard InChI is InChI=1S/C21H24Cl2N6/c1-4-24-21(28-14(2)18-7-6-17(22)11-19(18)23)27-13-16-5-8-20(26-12-16)29-10-9-25-15(29)3/h5-12,14H,4,13H2,1-3H3,(H2,24,27,28). The number of aliphatic imine (C=N–C) groups is 1. The summed E-state index contributed by atoms with van der Waals surface area (Å²) in [5.74, 6) is 2.45. The van der Waals surface area contributed by atoms with Gasteiger partial charge < -0.3 is 10.6 Å². The van der Waals surface area contributed by atoms with Crippen LogP contribution in [0, 0.1) is 6.92 Å². The van der Waals surface area contributed by atoms with E-state index in [1.807, 2.05) is 62.0 Å². The van der Waals surface area contributed by atoms with E-state index in [0.717, 1.165) is 29.3 Å². The monoisotopic (exact) mass is 430 g/mol. The van der Waals surface area contributed by atoms with E-state index < -0.39 is 0 Å². The molecular formula is C21H24Cl2N6. The lowest BCUT2D eigenvalue weighted by molar-refractivity contribution is 0.686. The van der Waals surface area contributed by atoms with Crippen molar-refractivity contribution in [3.05, 3.63) is 75.9 Å². The summed E-state index contributed by atoms with van der Waals surface area (Å²) >= 11 is 12.3. The number of aromatic nitrogens is 3. The largest absolute Gasteiger partial charge is 0.357 e. The van der Waals surface area contributed by atoms with Gasteiger partial charge in [0.2, 0.25) is 0 Å². The predicted molar refractivity (Wildman–Crippen MR) is 119 cm³/mol. The number of aryl methyl sites for hydroxylation is 1. The Bertz CT molecular complexity index is 981. The molecule has 0 saturated heterocycles. The molecule has 1 aromatic carbocycles. The van der Waals surface area contributed by atoms with Gasteiger partial charge in [0, 0.05) is 35.2 Å². The minimum atomic E-state index is -0.0257. The minimum absolute atomic E-state index is 0.0257. The van der Waals surface area contributed by atoms with E-state index >= 15 is 0 Å². The van der Waals surface area contributed by atoms with E-state index in [2.05, 4.69) is 25.6 Å². The van der Waals surface area contributed by atoms with Crippen LogP contribution in [-0.4, -0.2) is 27.0 Å². The topological polar surface area (TPSA) is 67.1 Å². The van der Waals surface area contributed by atoms with Crippen molar-refractivity contribution in [3.8, 4) is 5.82 Å². The number of halogens is 2. The number of hydrogen-bond acceptors (Lipinski definition) is 3. The lowest BCUT2D eigenvalue weighted by Gasteiger charge is -2.19. The van der Waals surface area contributed by atoms with Gasteiger partial charge >= 0.3 is 0 Å². The van der Waals surface area contributed by atoms with Gasteiger partial charge in [-0.15, -0.1) is 0 Å². The maximum Gasteiger partial charge on any atom is 0.192 e. The minimum Gasteiger partial charge on any atom is -0.357 e. The molecule has 0 fully saturated rings. The molecule has 2 N–H and O–H groups in total. The summed E-state index contributed by atoms with van der Waals surface area (Å²) < 4.78 is 1.94. The third-order valence-corrected chi connectivity index (χ3v) is 4.99. The van der Waals surface area contributed by atoms with Gasteiger partial charge in [-0.25, -0.2) is 15.0 Å². The molecule has 0 amide bonds. The molecule has 2 aromatic heterocycles. The number of guanidine groups is 1. The van der Waals surface area contributed by atoms with Crippen molar-refractivity contribution in [2.45, 2.75) is 33.4 Å². The van der Waals surface area contributed by atoms with E-state index in [0.29, 0.717) is 22.5 Å². The zero-order valence-corrected chi connectivity index (χ0v) is 18.2. The molecule has 152 valence electrons. The number of rotatable bonds is 6. The fraction of sp³-hybridized carbons (Fsp3) is 0.286. The van der Waals surface area contributed by atoms with Crippen LogP contribution in [-0.2, 0) is 6.54 Å². The lowest BCUT2D eigenvalue weighted by atomic mass is 10.1. The quantitative estimate of drug-likeness (QED) is 0.439. The first-order chi connectivity index (χ1) is 14.0. The maximum atomic E-state index is 6.33. The highest BCUT2D eigenvalue weighted by molar-refractivity contribution is 6.35. The normalized spacial score (nSPS) is 12.7. The second kappa shape index (κ2) is 9.76. The van der Waals surface area contributed by atoms with Crippen molar-refractivity contribution in [2.75, 3.05) is 6.54 Å². The first kappa shape index (κ1) is 21.1. The molecule has 0 saturated carbocycles. The zero-order valence-electron chi connectivity index (χ0n) is 16.7. The van der Waals surface area contributed by atoms with Gasteiger partial charge in [0.15, 0.2) is 5.96 Å². The van der Waals surface area contributed by atoms with Gasteiger partial charge in [0.1, 0.15) is 11.6 Å². The molecular weight excluding hydrogens is 407 g/mol. The average Bonchev–Trinajstić information content (AvgIpc) is 3.12. The molecule has 0 aliphatic carbocycles. The van der Waals surface area contributed by atoms with Crippen molar-refractivity contribution in [3.63, 3.8) is 0 Å². The van der Waals surface area contributed by atoms with Crippen LogP contribution in [0.3, 0.4) is 0 Å². The molecule has 1 atom stereocenters. The zero-order chi connectivity index (χ0) is 20.8. The Morgan fingerprint density at radius 3 is 2.66 bits per heavy atom. The highest BCUT2D eigenvalue weighted by atomic mass is 35.5. The van der Waals surface area contributed by atoms with Crippen molar-refractivity contribution in [1.29, 1.82) is 0 Å². The van der Waals surface area contributed by atoms with Crippen LogP contribution in [0.5, 0.6) is 0 Å². The SMILES string of the molecule is CCNC(=NCc1ccc(-n2ccnc2C)nc1)NC(C)c1ccc(Cl)cc1Cl. The molecule has 0 aliphatic heterocycles. The number of nitrogens with zero attached hydrogens (tertiary/aromatic N) is 4. The van der Waals surface area contributed by atoms with Crippen molar-refractivity contribution in [1.82, 2.24) is 25.2 Å². The Hall–Kier alpha value is -2.57. The Balaban J connectivity index is 1.69. The van der Waals surface area contributed by atoms with Gasteiger partial charge in [-0.05, 0) is 50.1 Å². The number of imidazole rings is 1. The summed E-state index contributed by atoms with van der Waals surface area (Å²) in [4.78, 5) is 13.4. The number of nitrogens with one attached hydrogen (secondary N) is 2. The predicted octanol–water partition coefficient (Wildman–Crippen LogP) is 4.70. The fourth-order valence-electron chi connectivity index (χ4n) is 2.90. The highest BCUT2D eigenvalue weighted by Gasteiger charge is 2.12. The Morgan fingerprint density at radius 2 is 2.03 bits per heavy atom. The van der Waals surface area contributed by atoms with Gasteiger partial charge in [-0.2, -0.15) is 0 Å². The molecule has 0 spiro atoms. The Kier molecular flexibility index (Phi) is 7.12. The van der Waals surface area contributed by atoms with Crippen LogP contribution in [0.4, 0.5) is 0 Å². The van der Waals surface area contributed by atoms with E-state index in [4.69, 9.17) is 23.2 Å². The third kappa shape index (κ3) is 5.49. The molecule has 3 aromatic rings. The van der Waals surface area contributed by atoms with Gasteiger partial charge in [0.05, 0.1) is 12.6 Å². The Labute approximate surface area is 181 Å². The summed E-state index contributed by atoms with van der Waals surface area (Å²) in [6, 6.07) is 9.47. The van der Waals surface area contributed by atoms with Crippen LogP contribution in [0.2, 0.25) is 10.0 Å². The van der Waals surface area contributed by atoms with E-state index in [9.17, 15) is 0 Å². The van der Waals surface area contributed by atoms with Crippen molar-refractivity contribution < 1.29 is 0 Å². The summed E-state index contributed by atoms with van der Waals surface area (Å²) in [6.07, 6.45) is 5.49. The van der Waals surface area contributed by atoms with Gasteiger partial charge in [0.25, 0.3) is 0 Å². The smallest absolute Gasteiger partial charge is 0.192 e. The molecule has 29 heavy (non-hydrogen) atoms. The Morgan fingerprint density at radius 1 is 1.21 bits per heavy atom. The molecule has 0 radical (unpaired) electrons. The number of pyridine rings is 1. The van der Waals surface area contributed by atoms with Gasteiger partial charge in [-0.1, -0.05) is 35.3 Å². The fourth-order valence-corrected chi connectivity index (χ4v) is 3.47. The molecule has 8 heteroatoms. The molecule has 1 unspecified atom stereocenters. The first-order valence-electron chi connectivity index (χ1n) is 9.43. The summed E-state index contributed by atoms with van der Waals surface area (Å²) in [7, 11) is 0. The van der Waals surface area contributed by atoms with Crippen LogP contribution >= 0.6 is 23.2 Å². The van der Waals surface area contributed by atoms with E-state index in [1.54, 1.807) is 12.3 Å². The molecule has 0 bridgehead atoms. The van der Waals surface area contributed by atoms with Crippen molar-refractivity contribution in [2.24, 2.45) is 4.99 Å². The van der Waals surface area contributed by atoms with Crippen LogP contribution in [0.25, 0.3) is 5.82 Å². The highest BCUT2D eigenvalue weighted by Crippen LogP contribution is 2.26. The van der Waals surface area contributed by atoms with Crippen LogP contribution < -0.4 is 10.6 Å².